The van der Waals surface area contributed by atoms with Gasteiger partial charge in [0.1, 0.15) is 12.1 Å². The molecule has 24 heavy (non-hydrogen) atoms. The van der Waals surface area contributed by atoms with E-state index in [1.54, 1.807) is 0 Å². The highest BCUT2D eigenvalue weighted by atomic mass is 32.1. The molecule has 11 heteroatoms. The summed E-state index contributed by atoms with van der Waals surface area (Å²) in [4.78, 5) is 45.9. The smallest absolute Gasteiger partial charge is 0.326 e. The Hall–Kier alpha value is -1.85. The number of nitrogens with one attached hydrogen (secondary N) is 2. The van der Waals surface area contributed by atoms with Crippen molar-refractivity contribution in [3.05, 3.63) is 0 Å². The number of carboxylic acid groups (broad SMARTS) is 2. The van der Waals surface area contributed by atoms with Gasteiger partial charge in [-0.05, 0) is 25.8 Å². The molecule has 3 atom stereocenters. The van der Waals surface area contributed by atoms with Crippen LogP contribution in [-0.2, 0) is 19.2 Å². The lowest BCUT2D eigenvalue weighted by Gasteiger charge is -2.21. The molecule has 138 valence electrons. The number of carbonyl (C=O) groups is 4. The highest BCUT2D eigenvalue weighted by Gasteiger charge is 2.29. The van der Waals surface area contributed by atoms with Crippen LogP contribution in [0.15, 0.2) is 0 Å². The molecule has 0 aromatic rings. The van der Waals surface area contributed by atoms with E-state index in [9.17, 15) is 19.2 Å². The topological polar surface area (TPSA) is 185 Å². The minimum atomic E-state index is -1.43. The Bertz CT molecular complexity index is 462. The quantitative estimate of drug-likeness (QED) is 0.152. The van der Waals surface area contributed by atoms with Crippen LogP contribution >= 0.6 is 12.6 Å². The van der Waals surface area contributed by atoms with E-state index in [1.807, 2.05) is 0 Å². The molecule has 0 aliphatic heterocycles. The summed E-state index contributed by atoms with van der Waals surface area (Å²) in [6.45, 7) is 0.388. The maximum atomic E-state index is 12.1. The van der Waals surface area contributed by atoms with Crippen LogP contribution in [0.25, 0.3) is 0 Å². The lowest BCUT2D eigenvalue weighted by Crippen LogP contribution is -2.55. The van der Waals surface area contributed by atoms with E-state index in [1.165, 1.54) is 0 Å². The van der Waals surface area contributed by atoms with Crippen LogP contribution < -0.4 is 22.1 Å². The summed E-state index contributed by atoms with van der Waals surface area (Å²) in [5.41, 5.74) is 10.8. The zero-order valence-corrected chi connectivity index (χ0v) is 14.0. The average Bonchev–Trinajstić information content (AvgIpc) is 2.51. The number of hydrogen-bond acceptors (Lipinski definition) is 7. The van der Waals surface area contributed by atoms with E-state index in [-0.39, 0.29) is 12.2 Å². The van der Waals surface area contributed by atoms with Crippen LogP contribution in [0.1, 0.15) is 25.7 Å². The van der Waals surface area contributed by atoms with Crippen LogP contribution in [0.4, 0.5) is 0 Å². The molecule has 0 saturated heterocycles. The van der Waals surface area contributed by atoms with Crippen LogP contribution in [0.3, 0.4) is 0 Å². The molecule has 0 bridgehead atoms. The standard InChI is InChI=1S/C13H24N4O6S/c14-4-2-1-3-8(13(22)23)16-12(21)9(5-10(18)19)17-11(20)7(15)6-24/h7-9,24H,1-6,14-15H2,(H,16,21)(H,17,20)(H,18,19)(H,22,23). The van der Waals surface area contributed by atoms with Gasteiger partial charge in [0.2, 0.25) is 11.8 Å². The molecule has 0 radical (unpaired) electrons. The number of aliphatic carboxylic acids is 2. The monoisotopic (exact) mass is 364 g/mol. The summed E-state index contributed by atoms with van der Waals surface area (Å²) < 4.78 is 0. The van der Waals surface area contributed by atoms with E-state index in [4.69, 9.17) is 21.7 Å². The van der Waals surface area contributed by atoms with Gasteiger partial charge in [0, 0.05) is 5.75 Å². The fourth-order valence-electron chi connectivity index (χ4n) is 1.77. The van der Waals surface area contributed by atoms with Gasteiger partial charge < -0.3 is 32.3 Å². The largest absolute Gasteiger partial charge is 0.481 e. The third-order valence-corrected chi connectivity index (χ3v) is 3.50. The summed E-state index contributed by atoms with van der Waals surface area (Å²) in [6, 6.07) is -3.65. The Kier molecular flexibility index (Phi) is 10.8. The summed E-state index contributed by atoms with van der Waals surface area (Å²) >= 11 is 3.84. The van der Waals surface area contributed by atoms with Crippen molar-refractivity contribution in [1.29, 1.82) is 0 Å². The van der Waals surface area contributed by atoms with Gasteiger partial charge in [0.05, 0.1) is 12.5 Å². The molecule has 0 fully saturated rings. The molecule has 0 heterocycles. The van der Waals surface area contributed by atoms with Crippen molar-refractivity contribution in [2.45, 2.75) is 43.8 Å². The SMILES string of the molecule is NCCCCC(NC(=O)C(CC(=O)O)NC(=O)C(N)CS)C(=O)O. The highest BCUT2D eigenvalue weighted by molar-refractivity contribution is 7.80. The number of carbonyl (C=O) groups excluding carboxylic acids is 2. The van der Waals surface area contributed by atoms with Crippen molar-refractivity contribution in [3.63, 3.8) is 0 Å². The first-order valence-corrected chi connectivity index (χ1v) is 7.98. The Morgan fingerprint density at radius 2 is 1.58 bits per heavy atom. The van der Waals surface area contributed by atoms with Crippen molar-refractivity contribution >= 4 is 36.4 Å². The number of thiol groups is 1. The third kappa shape index (κ3) is 8.70. The van der Waals surface area contributed by atoms with Crippen LogP contribution in [0, 0.1) is 0 Å². The van der Waals surface area contributed by atoms with Crippen molar-refractivity contribution in [2.24, 2.45) is 11.5 Å². The molecule has 8 N–H and O–H groups in total. The molecular weight excluding hydrogens is 340 g/mol. The second-order valence-corrected chi connectivity index (χ2v) is 5.50. The summed E-state index contributed by atoms with van der Waals surface area (Å²) in [5.74, 6) is -4.24. The number of rotatable bonds is 12. The van der Waals surface area contributed by atoms with E-state index < -0.39 is 48.3 Å². The summed E-state index contributed by atoms with van der Waals surface area (Å²) in [5, 5.41) is 22.4. The number of amides is 2. The minimum absolute atomic E-state index is 0.00405. The molecule has 10 nitrogen and oxygen atoms in total. The van der Waals surface area contributed by atoms with Gasteiger partial charge in [-0.1, -0.05) is 0 Å². The second-order valence-electron chi connectivity index (χ2n) is 5.13. The average molecular weight is 364 g/mol. The molecule has 2 amide bonds. The Morgan fingerprint density at radius 3 is 2.04 bits per heavy atom. The van der Waals surface area contributed by atoms with Crippen molar-refractivity contribution in [3.8, 4) is 0 Å². The number of nitrogens with two attached hydrogens (primary N) is 2. The first-order chi connectivity index (χ1) is 11.2. The van der Waals surface area contributed by atoms with Gasteiger partial charge in [-0.25, -0.2) is 4.79 Å². The molecule has 0 aliphatic rings. The normalized spacial score (nSPS) is 14.3. The highest BCUT2D eigenvalue weighted by Crippen LogP contribution is 2.03. The van der Waals surface area contributed by atoms with E-state index >= 15 is 0 Å². The van der Waals surface area contributed by atoms with Crippen LogP contribution in [0.2, 0.25) is 0 Å². The molecule has 0 saturated carbocycles. The first-order valence-electron chi connectivity index (χ1n) is 7.34. The molecule has 0 spiro atoms. The summed E-state index contributed by atoms with van der Waals surface area (Å²) in [6.07, 6.45) is 0.508. The number of unbranched alkanes of at least 4 members (excludes halogenated alkanes) is 1. The molecule has 0 aliphatic carbocycles. The zero-order valence-electron chi connectivity index (χ0n) is 13.1. The Balaban J connectivity index is 4.91. The van der Waals surface area contributed by atoms with Gasteiger partial charge in [0.15, 0.2) is 0 Å². The minimum Gasteiger partial charge on any atom is -0.481 e. The predicted molar refractivity (Wildman–Crippen MR) is 88.5 cm³/mol. The maximum absolute atomic E-state index is 12.1. The Labute approximate surface area is 144 Å². The van der Waals surface area contributed by atoms with Gasteiger partial charge >= 0.3 is 11.9 Å². The molecular formula is C13H24N4O6S. The van der Waals surface area contributed by atoms with Gasteiger partial charge in [-0.15, -0.1) is 0 Å². The van der Waals surface area contributed by atoms with Gasteiger partial charge in [0.25, 0.3) is 0 Å². The first kappa shape index (κ1) is 22.1. The van der Waals surface area contributed by atoms with Crippen molar-refractivity contribution in [1.82, 2.24) is 10.6 Å². The van der Waals surface area contributed by atoms with Crippen LogP contribution in [0.5, 0.6) is 0 Å². The zero-order chi connectivity index (χ0) is 18.7. The van der Waals surface area contributed by atoms with Crippen molar-refractivity contribution < 1.29 is 29.4 Å². The fraction of sp³-hybridized carbons (Fsp3) is 0.692. The predicted octanol–water partition coefficient (Wildman–Crippen LogP) is -2.10. The van der Waals surface area contributed by atoms with E-state index in [2.05, 4.69) is 23.3 Å². The van der Waals surface area contributed by atoms with E-state index in [0.29, 0.717) is 19.4 Å². The van der Waals surface area contributed by atoms with Crippen molar-refractivity contribution in [2.75, 3.05) is 12.3 Å². The summed E-state index contributed by atoms with van der Waals surface area (Å²) in [7, 11) is 0. The number of carboxylic acids is 2. The van der Waals surface area contributed by atoms with Gasteiger partial charge in [-0.3, -0.25) is 14.4 Å². The lowest BCUT2D eigenvalue weighted by molar-refractivity contribution is -0.143. The molecule has 0 rings (SSSR count). The molecule has 3 unspecified atom stereocenters. The lowest BCUT2D eigenvalue weighted by atomic mass is 10.1. The van der Waals surface area contributed by atoms with E-state index in [0.717, 1.165) is 0 Å². The number of hydrogen-bond donors (Lipinski definition) is 7. The molecule has 0 aromatic carbocycles. The molecule has 0 aromatic heterocycles. The Morgan fingerprint density at radius 1 is 1.00 bits per heavy atom. The maximum Gasteiger partial charge on any atom is 0.326 e. The third-order valence-electron chi connectivity index (χ3n) is 3.11. The van der Waals surface area contributed by atoms with Gasteiger partial charge in [-0.2, -0.15) is 12.6 Å². The van der Waals surface area contributed by atoms with Crippen LogP contribution in [-0.4, -0.2) is 64.4 Å². The fourth-order valence-corrected chi connectivity index (χ4v) is 1.93. The second kappa shape index (κ2) is 11.6.